The second-order valence-corrected chi connectivity index (χ2v) is 6.45. The number of ether oxygens (including phenoxy) is 1. The summed E-state index contributed by atoms with van der Waals surface area (Å²) in [6.07, 6.45) is -0.827. The maximum absolute atomic E-state index is 10.7. The van der Waals surface area contributed by atoms with Gasteiger partial charge in [0.1, 0.15) is 6.10 Å². The van der Waals surface area contributed by atoms with E-state index in [-0.39, 0.29) is 19.0 Å². The fourth-order valence-corrected chi connectivity index (χ4v) is 2.44. The summed E-state index contributed by atoms with van der Waals surface area (Å²) in [5.74, 6) is -0.227. The number of hydrogen-bond donors (Lipinski definition) is 3. The van der Waals surface area contributed by atoms with Crippen molar-refractivity contribution in [2.75, 3.05) is 64.8 Å². The topological polar surface area (TPSA) is 111 Å². The number of aliphatic hydroxyl groups excluding tert-OH is 2. The van der Waals surface area contributed by atoms with Crippen LogP contribution in [0.5, 0.6) is 0 Å². The van der Waals surface area contributed by atoms with E-state index < -0.39 is 16.2 Å². The Labute approximate surface area is 119 Å². The molecule has 0 spiro atoms. The Morgan fingerprint density at radius 2 is 1.65 bits per heavy atom. The third-order valence-electron chi connectivity index (χ3n) is 3.20. The van der Waals surface area contributed by atoms with Crippen LogP contribution < -0.4 is 0 Å². The lowest BCUT2D eigenvalue weighted by Gasteiger charge is -2.34. The lowest BCUT2D eigenvalue weighted by molar-refractivity contribution is -0.00273. The zero-order valence-corrected chi connectivity index (χ0v) is 12.3. The molecule has 8 nitrogen and oxygen atoms in total. The van der Waals surface area contributed by atoms with Gasteiger partial charge in [-0.2, -0.15) is 8.42 Å². The van der Waals surface area contributed by atoms with Crippen LogP contribution >= 0.6 is 0 Å². The Hall–Kier alpha value is -0.290. The summed E-state index contributed by atoms with van der Waals surface area (Å²) < 4.78 is 35.2. The quantitative estimate of drug-likeness (QED) is 0.327. The zero-order valence-electron chi connectivity index (χ0n) is 11.5. The van der Waals surface area contributed by atoms with Crippen LogP contribution in [0.15, 0.2) is 0 Å². The van der Waals surface area contributed by atoms with Crippen LogP contribution in [0.4, 0.5) is 0 Å². The van der Waals surface area contributed by atoms with Crippen LogP contribution in [0.2, 0.25) is 0 Å². The van der Waals surface area contributed by atoms with E-state index in [0.29, 0.717) is 13.2 Å². The summed E-state index contributed by atoms with van der Waals surface area (Å²) in [6.45, 7) is 4.56. The summed E-state index contributed by atoms with van der Waals surface area (Å²) in [4.78, 5) is 4.19. The van der Waals surface area contributed by atoms with Gasteiger partial charge in [-0.05, 0) is 0 Å². The Bertz CT molecular complexity index is 356. The molecule has 1 unspecified atom stereocenters. The molecule has 1 aliphatic heterocycles. The monoisotopic (exact) mass is 312 g/mol. The molecule has 0 aromatic carbocycles. The van der Waals surface area contributed by atoms with Crippen LogP contribution in [0.3, 0.4) is 0 Å². The lowest BCUT2D eigenvalue weighted by Crippen LogP contribution is -2.48. The standard InChI is InChI=1S/C11H24N2O6S/c14-9-11(15)10-19-7-5-12-1-3-13(4-2-12)6-8-20(16,17)18/h11,14-15H,1-10H2,(H,16,17,18). The molecule has 120 valence electrons. The highest BCUT2D eigenvalue weighted by Crippen LogP contribution is 2.02. The maximum Gasteiger partial charge on any atom is 0.266 e. The molecule has 0 radical (unpaired) electrons. The van der Waals surface area contributed by atoms with Gasteiger partial charge in [-0.15, -0.1) is 0 Å². The first kappa shape index (κ1) is 17.8. The van der Waals surface area contributed by atoms with Crippen molar-refractivity contribution in [2.24, 2.45) is 0 Å². The Morgan fingerprint density at radius 1 is 1.10 bits per heavy atom. The van der Waals surface area contributed by atoms with E-state index in [2.05, 4.69) is 4.90 Å². The maximum atomic E-state index is 10.7. The van der Waals surface area contributed by atoms with Crippen molar-refractivity contribution in [1.29, 1.82) is 0 Å². The first-order chi connectivity index (χ1) is 9.40. The summed E-state index contributed by atoms with van der Waals surface area (Å²) in [5.41, 5.74) is 0. The largest absolute Gasteiger partial charge is 0.394 e. The molecule has 20 heavy (non-hydrogen) atoms. The Morgan fingerprint density at radius 3 is 2.15 bits per heavy atom. The first-order valence-corrected chi connectivity index (χ1v) is 8.28. The molecule has 0 saturated carbocycles. The summed E-state index contributed by atoms with van der Waals surface area (Å²) in [5, 5.41) is 17.7. The molecular formula is C11H24N2O6S. The second-order valence-electron chi connectivity index (χ2n) is 4.88. The molecular weight excluding hydrogens is 288 g/mol. The van der Waals surface area contributed by atoms with Gasteiger partial charge >= 0.3 is 0 Å². The van der Waals surface area contributed by atoms with Gasteiger partial charge in [0.05, 0.1) is 25.6 Å². The minimum atomic E-state index is -3.88. The van der Waals surface area contributed by atoms with Gasteiger partial charge < -0.3 is 14.9 Å². The van der Waals surface area contributed by atoms with E-state index in [9.17, 15) is 8.42 Å². The number of nitrogens with zero attached hydrogens (tertiary/aromatic N) is 2. The van der Waals surface area contributed by atoms with Gasteiger partial charge in [0.15, 0.2) is 0 Å². The molecule has 0 bridgehead atoms. The molecule has 1 atom stereocenters. The molecule has 0 aliphatic carbocycles. The van der Waals surface area contributed by atoms with Crippen LogP contribution in [0, 0.1) is 0 Å². The lowest BCUT2D eigenvalue weighted by atomic mass is 10.3. The summed E-state index contributed by atoms with van der Waals surface area (Å²) in [6, 6.07) is 0. The Kier molecular flexibility index (Phi) is 7.88. The number of hydrogen-bond acceptors (Lipinski definition) is 7. The molecule has 0 aromatic rings. The number of aliphatic hydroxyl groups is 2. The highest BCUT2D eigenvalue weighted by molar-refractivity contribution is 7.85. The third-order valence-corrected chi connectivity index (χ3v) is 3.90. The van der Waals surface area contributed by atoms with Crippen molar-refractivity contribution < 1.29 is 27.9 Å². The number of piperazine rings is 1. The number of rotatable bonds is 9. The molecule has 1 fully saturated rings. The third kappa shape index (κ3) is 8.10. The highest BCUT2D eigenvalue weighted by Gasteiger charge is 2.18. The normalized spacial score (nSPS) is 20.1. The predicted octanol–water partition coefficient (Wildman–Crippen LogP) is -2.14. The van der Waals surface area contributed by atoms with Crippen molar-refractivity contribution in [3.8, 4) is 0 Å². The smallest absolute Gasteiger partial charge is 0.266 e. The molecule has 1 saturated heterocycles. The average molecular weight is 312 g/mol. The van der Waals surface area contributed by atoms with Crippen molar-refractivity contribution in [2.45, 2.75) is 6.10 Å². The fraction of sp³-hybridized carbons (Fsp3) is 1.00. The van der Waals surface area contributed by atoms with E-state index in [4.69, 9.17) is 19.5 Å². The highest BCUT2D eigenvalue weighted by atomic mass is 32.2. The fourth-order valence-electron chi connectivity index (χ4n) is 1.95. The van der Waals surface area contributed by atoms with Crippen LogP contribution in [-0.4, -0.2) is 104 Å². The van der Waals surface area contributed by atoms with Gasteiger partial charge in [-0.25, -0.2) is 0 Å². The molecule has 1 heterocycles. The van der Waals surface area contributed by atoms with E-state index in [1.807, 2.05) is 4.90 Å². The van der Waals surface area contributed by atoms with Gasteiger partial charge in [-0.1, -0.05) is 0 Å². The van der Waals surface area contributed by atoms with E-state index >= 15 is 0 Å². The van der Waals surface area contributed by atoms with E-state index in [0.717, 1.165) is 32.7 Å². The molecule has 0 amide bonds. The van der Waals surface area contributed by atoms with Gasteiger partial charge in [0, 0.05) is 39.3 Å². The molecule has 0 aromatic heterocycles. The molecule has 3 N–H and O–H groups in total. The van der Waals surface area contributed by atoms with Gasteiger partial charge in [0.2, 0.25) is 0 Å². The van der Waals surface area contributed by atoms with E-state index in [1.54, 1.807) is 0 Å². The Balaban J connectivity index is 2.07. The zero-order chi connectivity index (χ0) is 15.0. The van der Waals surface area contributed by atoms with E-state index in [1.165, 1.54) is 0 Å². The van der Waals surface area contributed by atoms with Crippen molar-refractivity contribution in [3.05, 3.63) is 0 Å². The minimum absolute atomic E-state index is 0.130. The van der Waals surface area contributed by atoms with Crippen LogP contribution in [-0.2, 0) is 14.9 Å². The predicted molar refractivity (Wildman–Crippen MR) is 73.2 cm³/mol. The minimum Gasteiger partial charge on any atom is -0.394 e. The molecule has 9 heteroatoms. The van der Waals surface area contributed by atoms with Gasteiger partial charge in [-0.3, -0.25) is 14.4 Å². The van der Waals surface area contributed by atoms with Crippen LogP contribution in [0.25, 0.3) is 0 Å². The summed E-state index contributed by atoms with van der Waals surface area (Å²) in [7, 11) is -3.88. The first-order valence-electron chi connectivity index (χ1n) is 6.67. The second kappa shape index (κ2) is 8.88. The average Bonchev–Trinajstić information content (AvgIpc) is 2.41. The SMILES string of the molecule is O=S(=O)(O)CCN1CCN(CCOCC(O)CO)CC1. The summed E-state index contributed by atoms with van der Waals surface area (Å²) >= 11 is 0. The van der Waals surface area contributed by atoms with Crippen LogP contribution in [0.1, 0.15) is 0 Å². The van der Waals surface area contributed by atoms with Crippen molar-refractivity contribution in [1.82, 2.24) is 9.80 Å². The van der Waals surface area contributed by atoms with Crippen molar-refractivity contribution in [3.63, 3.8) is 0 Å². The molecule has 1 aliphatic rings. The van der Waals surface area contributed by atoms with Crippen molar-refractivity contribution >= 4 is 10.1 Å². The van der Waals surface area contributed by atoms with Gasteiger partial charge in [0.25, 0.3) is 10.1 Å². The molecule has 1 rings (SSSR count).